The van der Waals surface area contributed by atoms with E-state index in [0.717, 1.165) is 21.4 Å². The Kier molecular flexibility index (Phi) is 3.50. The molecule has 2 aromatic rings. The molecule has 0 amide bonds. The van der Waals surface area contributed by atoms with Gasteiger partial charge in [-0.2, -0.15) is 0 Å². The summed E-state index contributed by atoms with van der Waals surface area (Å²) in [6.07, 6.45) is 7.13. The first-order valence-corrected chi connectivity index (χ1v) is 6.22. The molecule has 4 nitrogen and oxygen atoms in total. The van der Waals surface area contributed by atoms with Gasteiger partial charge in [0.25, 0.3) is 0 Å². The van der Waals surface area contributed by atoms with Gasteiger partial charge < -0.3 is 4.57 Å². The van der Waals surface area contributed by atoms with E-state index >= 15 is 0 Å². The van der Waals surface area contributed by atoms with E-state index in [1.54, 1.807) is 6.33 Å². The van der Waals surface area contributed by atoms with Crippen LogP contribution in [0, 0.1) is 3.70 Å². The van der Waals surface area contributed by atoms with Crippen LogP contribution in [-0.4, -0.2) is 19.5 Å². The van der Waals surface area contributed by atoms with Crippen molar-refractivity contribution in [1.82, 2.24) is 19.5 Å². The van der Waals surface area contributed by atoms with Crippen molar-refractivity contribution in [2.45, 2.75) is 32.7 Å². The summed E-state index contributed by atoms with van der Waals surface area (Å²) < 4.78 is 3.03. The summed E-state index contributed by atoms with van der Waals surface area (Å²) in [5.41, 5.74) is 1.86. The summed E-state index contributed by atoms with van der Waals surface area (Å²) >= 11 is 2.19. The predicted molar refractivity (Wildman–Crippen MR) is 67.6 cm³/mol. The zero-order valence-corrected chi connectivity index (χ0v) is 10.8. The summed E-state index contributed by atoms with van der Waals surface area (Å²) in [4.78, 5) is 12.7. The normalized spacial score (nSPS) is 11.1. The molecule has 15 heavy (non-hydrogen) atoms. The van der Waals surface area contributed by atoms with Crippen LogP contribution in [0.2, 0.25) is 0 Å². The molecular weight excluding hydrogens is 303 g/mol. The van der Waals surface area contributed by atoms with E-state index in [-0.39, 0.29) is 0 Å². The van der Waals surface area contributed by atoms with Crippen molar-refractivity contribution in [1.29, 1.82) is 0 Å². The van der Waals surface area contributed by atoms with E-state index in [4.69, 9.17) is 0 Å². The summed E-state index contributed by atoms with van der Waals surface area (Å²) in [6, 6.07) is 0. The van der Waals surface area contributed by atoms with E-state index in [1.165, 1.54) is 19.3 Å². The number of aryl methyl sites for hydroxylation is 1. The summed E-state index contributed by atoms with van der Waals surface area (Å²) in [6.45, 7) is 3.20. The van der Waals surface area contributed by atoms with Crippen LogP contribution in [0.5, 0.6) is 0 Å². The van der Waals surface area contributed by atoms with Crippen molar-refractivity contribution in [2.75, 3.05) is 0 Å². The molecule has 2 aromatic heterocycles. The Bertz CT molecular complexity index is 452. The Morgan fingerprint density at radius 3 is 2.93 bits per heavy atom. The molecule has 0 N–H and O–H groups in total. The molecule has 5 heteroatoms. The zero-order valence-electron chi connectivity index (χ0n) is 8.65. The Hall–Kier alpha value is -0.720. The number of hydrogen-bond donors (Lipinski definition) is 0. The van der Waals surface area contributed by atoms with Crippen LogP contribution >= 0.6 is 22.6 Å². The number of hydrogen-bond acceptors (Lipinski definition) is 3. The lowest BCUT2D eigenvalue weighted by Crippen LogP contribution is -1.98. The summed E-state index contributed by atoms with van der Waals surface area (Å²) in [7, 11) is 0. The molecule has 0 spiro atoms. The second-order valence-corrected chi connectivity index (χ2v) is 4.50. The standard InChI is InChI=1S/C10H13IN4/c1-2-3-4-5-15-7-14-8-9(11)12-6-13-10(8)15/h6-7H,2-5H2,1H3. The maximum Gasteiger partial charge on any atom is 0.164 e. The van der Waals surface area contributed by atoms with Gasteiger partial charge in [0.05, 0.1) is 6.33 Å². The maximum absolute atomic E-state index is 4.33. The first-order valence-electron chi connectivity index (χ1n) is 5.14. The van der Waals surface area contributed by atoms with Gasteiger partial charge in [0.1, 0.15) is 15.5 Å². The molecule has 80 valence electrons. The molecule has 0 aromatic carbocycles. The highest BCUT2D eigenvalue weighted by Crippen LogP contribution is 2.15. The van der Waals surface area contributed by atoms with E-state index in [1.807, 2.05) is 6.33 Å². The van der Waals surface area contributed by atoms with Crippen LogP contribution in [-0.2, 0) is 6.54 Å². The molecule has 0 atom stereocenters. The fraction of sp³-hybridized carbons (Fsp3) is 0.500. The van der Waals surface area contributed by atoms with Gasteiger partial charge in [0.2, 0.25) is 0 Å². The topological polar surface area (TPSA) is 43.6 Å². The number of nitrogens with zero attached hydrogens (tertiary/aromatic N) is 4. The Morgan fingerprint density at radius 2 is 2.13 bits per heavy atom. The number of imidazole rings is 1. The van der Waals surface area contributed by atoms with Crippen molar-refractivity contribution in [2.24, 2.45) is 0 Å². The van der Waals surface area contributed by atoms with Gasteiger partial charge in [-0.05, 0) is 29.0 Å². The lowest BCUT2D eigenvalue weighted by Gasteiger charge is -2.01. The third-order valence-electron chi connectivity index (χ3n) is 2.36. The van der Waals surface area contributed by atoms with E-state index < -0.39 is 0 Å². The molecule has 0 aliphatic carbocycles. The molecule has 0 aliphatic rings. The zero-order chi connectivity index (χ0) is 10.7. The van der Waals surface area contributed by atoms with Crippen LogP contribution in [0.15, 0.2) is 12.7 Å². The van der Waals surface area contributed by atoms with Crippen LogP contribution in [0.1, 0.15) is 26.2 Å². The van der Waals surface area contributed by atoms with Crippen molar-refractivity contribution in [3.8, 4) is 0 Å². The van der Waals surface area contributed by atoms with Gasteiger partial charge in [-0.3, -0.25) is 0 Å². The molecule has 2 heterocycles. The van der Waals surface area contributed by atoms with Crippen LogP contribution in [0.4, 0.5) is 0 Å². The highest BCUT2D eigenvalue weighted by atomic mass is 127. The van der Waals surface area contributed by atoms with Crippen LogP contribution in [0.25, 0.3) is 11.2 Å². The fourth-order valence-corrected chi connectivity index (χ4v) is 2.05. The summed E-state index contributed by atoms with van der Waals surface area (Å²) in [5, 5.41) is 0. The summed E-state index contributed by atoms with van der Waals surface area (Å²) in [5.74, 6) is 0. The number of halogens is 1. The van der Waals surface area contributed by atoms with Crippen molar-refractivity contribution in [3.05, 3.63) is 16.4 Å². The molecule has 2 rings (SSSR count). The van der Waals surface area contributed by atoms with Gasteiger partial charge in [0, 0.05) is 6.54 Å². The largest absolute Gasteiger partial charge is 0.315 e. The second kappa shape index (κ2) is 4.87. The fourth-order valence-electron chi connectivity index (χ4n) is 1.55. The lowest BCUT2D eigenvalue weighted by atomic mass is 10.2. The third-order valence-corrected chi connectivity index (χ3v) is 3.15. The number of rotatable bonds is 4. The third kappa shape index (κ3) is 2.27. The van der Waals surface area contributed by atoms with Crippen LogP contribution in [0.3, 0.4) is 0 Å². The SMILES string of the molecule is CCCCCn1cnc2c(I)ncnc21. The molecule has 0 saturated heterocycles. The maximum atomic E-state index is 4.33. The number of aromatic nitrogens is 4. The molecular formula is C10H13IN4. The Balaban J connectivity index is 2.25. The second-order valence-electron chi connectivity index (χ2n) is 3.48. The van der Waals surface area contributed by atoms with Crippen molar-refractivity contribution >= 4 is 33.8 Å². The smallest absolute Gasteiger partial charge is 0.164 e. The molecule has 0 radical (unpaired) electrons. The number of fused-ring (bicyclic) bond motifs is 1. The minimum absolute atomic E-state index is 0.912. The van der Waals surface area contributed by atoms with Gasteiger partial charge in [-0.25, -0.2) is 15.0 Å². The Morgan fingerprint density at radius 1 is 1.27 bits per heavy atom. The average Bonchev–Trinajstić information content (AvgIpc) is 2.64. The van der Waals surface area contributed by atoms with E-state index in [2.05, 4.69) is 49.0 Å². The van der Waals surface area contributed by atoms with Gasteiger partial charge in [-0.15, -0.1) is 0 Å². The lowest BCUT2D eigenvalue weighted by molar-refractivity contribution is 0.610. The quantitative estimate of drug-likeness (QED) is 0.495. The molecule has 0 unspecified atom stereocenters. The number of unbranched alkanes of at least 4 members (excludes halogenated alkanes) is 2. The van der Waals surface area contributed by atoms with Crippen molar-refractivity contribution < 1.29 is 0 Å². The van der Waals surface area contributed by atoms with Crippen molar-refractivity contribution in [3.63, 3.8) is 0 Å². The first kappa shape index (κ1) is 10.8. The molecule has 0 bridgehead atoms. The Labute approximate surface area is 102 Å². The van der Waals surface area contributed by atoms with E-state index in [9.17, 15) is 0 Å². The highest BCUT2D eigenvalue weighted by molar-refractivity contribution is 14.1. The monoisotopic (exact) mass is 316 g/mol. The van der Waals surface area contributed by atoms with Gasteiger partial charge in [-0.1, -0.05) is 19.8 Å². The average molecular weight is 316 g/mol. The minimum Gasteiger partial charge on any atom is -0.315 e. The highest BCUT2D eigenvalue weighted by Gasteiger charge is 2.06. The minimum atomic E-state index is 0.912. The van der Waals surface area contributed by atoms with Gasteiger partial charge >= 0.3 is 0 Å². The van der Waals surface area contributed by atoms with Crippen LogP contribution < -0.4 is 0 Å². The molecule has 0 fully saturated rings. The first-order chi connectivity index (χ1) is 7.33. The predicted octanol–water partition coefficient (Wildman–Crippen LogP) is 2.62. The molecule has 0 aliphatic heterocycles. The van der Waals surface area contributed by atoms with E-state index in [0.29, 0.717) is 0 Å². The molecule has 0 saturated carbocycles. The van der Waals surface area contributed by atoms with Gasteiger partial charge in [0.15, 0.2) is 5.65 Å².